The van der Waals surface area contributed by atoms with Crippen LogP contribution in [0.1, 0.15) is 32.1 Å². The number of nitrogens with one attached hydrogen (secondary N) is 2. The van der Waals surface area contributed by atoms with Crippen molar-refractivity contribution in [2.45, 2.75) is 44.2 Å². The van der Waals surface area contributed by atoms with Gasteiger partial charge in [-0.25, -0.2) is 4.79 Å². The van der Waals surface area contributed by atoms with Gasteiger partial charge in [-0.3, -0.25) is 14.4 Å². The van der Waals surface area contributed by atoms with Crippen LogP contribution < -0.4 is 10.6 Å². The van der Waals surface area contributed by atoms with Crippen LogP contribution in [0.25, 0.3) is 0 Å². The van der Waals surface area contributed by atoms with E-state index in [1.807, 2.05) is 0 Å². The molecule has 2 atom stereocenters. The standard InChI is InChI=1S/C12H20N2O7/c1-13-7(11(18)19)3-2-4-8(12(20)21)14-9(15)5-6-10(16)17/h7-8,13H,2-6H2,1H3,(H,14,15)(H,16,17)(H,18,19)(H,20,21)/t7-,8-/m0/s1. The first-order valence-corrected chi connectivity index (χ1v) is 6.42. The maximum absolute atomic E-state index is 11.4. The molecule has 9 nitrogen and oxygen atoms in total. The van der Waals surface area contributed by atoms with Crippen molar-refractivity contribution >= 4 is 23.8 Å². The molecule has 0 saturated heterocycles. The van der Waals surface area contributed by atoms with Crippen LogP contribution in [0.2, 0.25) is 0 Å². The molecular formula is C12H20N2O7. The molecule has 0 radical (unpaired) electrons. The third kappa shape index (κ3) is 8.58. The Hall–Kier alpha value is -2.16. The molecule has 21 heavy (non-hydrogen) atoms. The summed E-state index contributed by atoms with van der Waals surface area (Å²) in [5.74, 6) is -4.08. The van der Waals surface area contributed by atoms with Crippen molar-refractivity contribution in [3.8, 4) is 0 Å². The molecule has 5 N–H and O–H groups in total. The van der Waals surface area contributed by atoms with Crippen LogP contribution in [-0.2, 0) is 19.2 Å². The fourth-order valence-corrected chi connectivity index (χ4v) is 1.66. The lowest BCUT2D eigenvalue weighted by Gasteiger charge is -2.16. The summed E-state index contributed by atoms with van der Waals surface area (Å²) in [6, 6.07) is -1.93. The SMILES string of the molecule is CN[C@@H](CCC[C@H](NC(=O)CCC(=O)O)C(=O)O)C(=O)O. The molecule has 0 saturated carbocycles. The third-order valence-electron chi connectivity index (χ3n) is 2.83. The van der Waals surface area contributed by atoms with Crippen molar-refractivity contribution in [2.75, 3.05) is 7.05 Å². The third-order valence-corrected chi connectivity index (χ3v) is 2.83. The van der Waals surface area contributed by atoms with Crippen LogP contribution in [0.15, 0.2) is 0 Å². The van der Waals surface area contributed by atoms with Crippen LogP contribution in [0.5, 0.6) is 0 Å². The number of carboxylic acid groups (broad SMARTS) is 3. The number of hydrogen-bond acceptors (Lipinski definition) is 5. The summed E-state index contributed by atoms with van der Waals surface area (Å²) in [6.07, 6.45) is -0.0966. The summed E-state index contributed by atoms with van der Waals surface area (Å²) in [6.45, 7) is 0. The first kappa shape index (κ1) is 18.8. The van der Waals surface area contributed by atoms with Crippen molar-refractivity contribution in [3.63, 3.8) is 0 Å². The van der Waals surface area contributed by atoms with Crippen molar-refractivity contribution in [3.05, 3.63) is 0 Å². The molecule has 0 aliphatic carbocycles. The zero-order chi connectivity index (χ0) is 16.4. The van der Waals surface area contributed by atoms with Gasteiger partial charge in [-0.05, 0) is 26.3 Å². The van der Waals surface area contributed by atoms with Gasteiger partial charge in [-0.15, -0.1) is 0 Å². The molecule has 0 aromatic rings. The fraction of sp³-hybridized carbons (Fsp3) is 0.667. The average molecular weight is 304 g/mol. The van der Waals surface area contributed by atoms with E-state index in [0.29, 0.717) is 0 Å². The Morgan fingerprint density at radius 3 is 1.86 bits per heavy atom. The van der Waals surface area contributed by atoms with E-state index < -0.39 is 35.9 Å². The first-order chi connectivity index (χ1) is 9.77. The minimum atomic E-state index is -1.24. The molecule has 0 aliphatic heterocycles. The molecule has 0 aromatic heterocycles. The molecule has 0 bridgehead atoms. The van der Waals surface area contributed by atoms with E-state index >= 15 is 0 Å². The zero-order valence-electron chi connectivity index (χ0n) is 11.7. The molecule has 0 unspecified atom stereocenters. The molecule has 0 aromatic carbocycles. The van der Waals surface area contributed by atoms with E-state index in [2.05, 4.69) is 10.6 Å². The number of amides is 1. The number of hydrogen-bond donors (Lipinski definition) is 5. The predicted octanol–water partition coefficient (Wildman–Crippen LogP) is -0.736. The van der Waals surface area contributed by atoms with E-state index in [-0.39, 0.29) is 32.1 Å². The maximum atomic E-state index is 11.4. The number of carbonyl (C=O) groups excluding carboxylic acids is 1. The molecular weight excluding hydrogens is 284 g/mol. The van der Waals surface area contributed by atoms with Gasteiger partial charge >= 0.3 is 17.9 Å². The Kier molecular flexibility index (Phi) is 8.70. The van der Waals surface area contributed by atoms with Crippen molar-refractivity contribution < 1.29 is 34.5 Å². The van der Waals surface area contributed by atoms with Gasteiger partial charge < -0.3 is 26.0 Å². The lowest BCUT2D eigenvalue weighted by atomic mass is 10.1. The van der Waals surface area contributed by atoms with Gasteiger partial charge in [-0.1, -0.05) is 0 Å². The van der Waals surface area contributed by atoms with E-state index in [1.165, 1.54) is 7.05 Å². The summed E-state index contributed by atoms with van der Waals surface area (Å²) in [5, 5.41) is 31.0. The highest BCUT2D eigenvalue weighted by atomic mass is 16.4. The minimum Gasteiger partial charge on any atom is -0.481 e. The quantitative estimate of drug-likeness (QED) is 0.334. The lowest BCUT2D eigenvalue weighted by molar-refractivity contribution is -0.142. The smallest absolute Gasteiger partial charge is 0.326 e. The monoisotopic (exact) mass is 304 g/mol. The van der Waals surface area contributed by atoms with Gasteiger partial charge in [0.15, 0.2) is 0 Å². The molecule has 0 rings (SSSR count). The van der Waals surface area contributed by atoms with Crippen molar-refractivity contribution in [2.24, 2.45) is 0 Å². The fourth-order valence-electron chi connectivity index (χ4n) is 1.66. The predicted molar refractivity (Wildman–Crippen MR) is 70.8 cm³/mol. The molecule has 0 fully saturated rings. The summed E-state index contributed by atoms with van der Waals surface area (Å²) < 4.78 is 0. The Morgan fingerprint density at radius 2 is 1.43 bits per heavy atom. The number of carbonyl (C=O) groups is 4. The molecule has 1 amide bonds. The highest BCUT2D eigenvalue weighted by molar-refractivity contribution is 5.85. The van der Waals surface area contributed by atoms with Gasteiger partial charge in [0.1, 0.15) is 12.1 Å². The second-order valence-corrected chi connectivity index (χ2v) is 4.46. The van der Waals surface area contributed by atoms with Gasteiger partial charge in [0.05, 0.1) is 6.42 Å². The average Bonchev–Trinajstić information content (AvgIpc) is 2.39. The number of aliphatic carboxylic acids is 3. The van der Waals surface area contributed by atoms with Crippen LogP contribution in [0.4, 0.5) is 0 Å². The normalized spacial score (nSPS) is 13.2. The summed E-state index contributed by atoms with van der Waals surface area (Å²) in [7, 11) is 1.49. The van der Waals surface area contributed by atoms with E-state index in [0.717, 1.165) is 0 Å². The van der Waals surface area contributed by atoms with Crippen LogP contribution in [0.3, 0.4) is 0 Å². The van der Waals surface area contributed by atoms with Gasteiger partial charge in [-0.2, -0.15) is 0 Å². The minimum absolute atomic E-state index is 0.0691. The largest absolute Gasteiger partial charge is 0.481 e. The number of likely N-dealkylation sites (N-methyl/N-ethyl adjacent to an activating group) is 1. The second-order valence-electron chi connectivity index (χ2n) is 4.46. The van der Waals surface area contributed by atoms with E-state index in [9.17, 15) is 19.2 Å². The Balaban J connectivity index is 4.25. The van der Waals surface area contributed by atoms with E-state index in [4.69, 9.17) is 15.3 Å². The maximum Gasteiger partial charge on any atom is 0.326 e. The Morgan fingerprint density at radius 1 is 0.905 bits per heavy atom. The molecule has 0 spiro atoms. The van der Waals surface area contributed by atoms with Crippen molar-refractivity contribution in [1.82, 2.24) is 10.6 Å². The van der Waals surface area contributed by atoms with Gasteiger partial charge in [0.2, 0.25) is 5.91 Å². The van der Waals surface area contributed by atoms with Crippen LogP contribution >= 0.6 is 0 Å². The Bertz CT molecular complexity index is 397. The van der Waals surface area contributed by atoms with Crippen LogP contribution in [0, 0.1) is 0 Å². The summed E-state index contributed by atoms with van der Waals surface area (Å²) in [5.41, 5.74) is 0. The summed E-state index contributed by atoms with van der Waals surface area (Å²) in [4.78, 5) is 43.4. The summed E-state index contributed by atoms with van der Waals surface area (Å²) >= 11 is 0. The van der Waals surface area contributed by atoms with Crippen molar-refractivity contribution in [1.29, 1.82) is 0 Å². The lowest BCUT2D eigenvalue weighted by Crippen LogP contribution is -2.41. The van der Waals surface area contributed by atoms with Crippen LogP contribution in [-0.4, -0.2) is 58.3 Å². The first-order valence-electron chi connectivity index (χ1n) is 6.42. The second kappa shape index (κ2) is 9.70. The molecule has 0 heterocycles. The highest BCUT2D eigenvalue weighted by Crippen LogP contribution is 2.06. The molecule has 0 aliphatic rings. The van der Waals surface area contributed by atoms with Gasteiger partial charge in [0, 0.05) is 6.42 Å². The van der Waals surface area contributed by atoms with Gasteiger partial charge in [0.25, 0.3) is 0 Å². The topological polar surface area (TPSA) is 153 Å². The van der Waals surface area contributed by atoms with E-state index in [1.54, 1.807) is 0 Å². The molecule has 9 heteroatoms. The highest BCUT2D eigenvalue weighted by Gasteiger charge is 2.21. The molecule has 120 valence electrons. The number of carboxylic acids is 3. The Labute approximate surface area is 121 Å². The zero-order valence-corrected chi connectivity index (χ0v) is 11.7. The number of rotatable bonds is 11.